The Labute approximate surface area is 199 Å². The molecule has 4 heterocycles. The Kier molecular flexibility index (Phi) is 5.17. The van der Waals surface area contributed by atoms with Crippen molar-refractivity contribution in [3.05, 3.63) is 81.9 Å². The Bertz CT molecular complexity index is 1490. The zero-order chi connectivity index (χ0) is 23.2. The maximum atomic E-state index is 13.3. The van der Waals surface area contributed by atoms with Gasteiger partial charge in [0.1, 0.15) is 5.69 Å². The summed E-state index contributed by atoms with van der Waals surface area (Å²) in [6.07, 6.45) is 3.32. The maximum Gasteiger partial charge on any atom is 0.297 e. The van der Waals surface area contributed by atoms with Crippen molar-refractivity contribution in [1.29, 1.82) is 0 Å². The van der Waals surface area contributed by atoms with Crippen molar-refractivity contribution in [2.45, 2.75) is 25.1 Å². The van der Waals surface area contributed by atoms with E-state index in [0.717, 1.165) is 16.6 Å². The largest absolute Gasteiger partial charge is 0.388 e. The number of para-hydroxylation sites is 1. The van der Waals surface area contributed by atoms with Crippen molar-refractivity contribution in [1.82, 2.24) is 29.3 Å². The van der Waals surface area contributed by atoms with E-state index in [1.807, 2.05) is 48.7 Å². The highest BCUT2D eigenvalue weighted by molar-refractivity contribution is 6.35. The molecular formula is C24H21ClN6O3. The fourth-order valence-corrected chi connectivity index (χ4v) is 4.78. The Morgan fingerprint density at radius 3 is 2.71 bits per heavy atom. The summed E-state index contributed by atoms with van der Waals surface area (Å²) in [6, 6.07) is 14.9. The van der Waals surface area contributed by atoms with Gasteiger partial charge in [-0.15, -0.1) is 0 Å². The molecule has 3 aromatic rings. The SMILES string of the molecule is O=c1c2nn(Cc3ccc(-n4cccn4)cc3)c3c(Cl)cccc3c-2nn1[C@@H]1CCOC[C@H]1O. The fraction of sp³-hybridized carbons (Fsp3) is 0.250. The average molecular weight is 477 g/mol. The topological polar surface area (TPSA) is 100.0 Å². The molecule has 3 aliphatic heterocycles. The molecule has 0 aliphatic carbocycles. The Hall–Kier alpha value is -3.53. The monoisotopic (exact) mass is 476 g/mol. The van der Waals surface area contributed by atoms with Gasteiger partial charge in [-0.05, 0) is 36.2 Å². The smallest absolute Gasteiger partial charge is 0.297 e. The molecule has 34 heavy (non-hydrogen) atoms. The molecule has 1 aromatic heterocycles. The van der Waals surface area contributed by atoms with Crippen LogP contribution in [0.1, 0.15) is 18.0 Å². The predicted octanol–water partition coefficient (Wildman–Crippen LogP) is 2.91. The summed E-state index contributed by atoms with van der Waals surface area (Å²) in [7, 11) is 0. The van der Waals surface area contributed by atoms with E-state index in [1.165, 1.54) is 4.68 Å². The third-order valence-corrected chi connectivity index (χ3v) is 6.51. The van der Waals surface area contributed by atoms with Gasteiger partial charge in [-0.2, -0.15) is 15.3 Å². The lowest BCUT2D eigenvalue weighted by atomic mass is 10.1. The molecule has 9 nitrogen and oxygen atoms in total. The Morgan fingerprint density at radius 2 is 1.94 bits per heavy atom. The predicted molar refractivity (Wildman–Crippen MR) is 127 cm³/mol. The van der Waals surface area contributed by atoms with Gasteiger partial charge in [0, 0.05) is 24.4 Å². The van der Waals surface area contributed by atoms with Crippen molar-refractivity contribution in [2.75, 3.05) is 13.2 Å². The molecule has 10 heteroatoms. The zero-order valence-corrected chi connectivity index (χ0v) is 18.8. The molecule has 0 spiro atoms. The third-order valence-electron chi connectivity index (χ3n) is 6.21. The first-order valence-electron chi connectivity index (χ1n) is 11.0. The number of hydrogen-bond donors (Lipinski definition) is 1. The van der Waals surface area contributed by atoms with Gasteiger partial charge in [-0.3, -0.25) is 9.48 Å². The fourth-order valence-electron chi connectivity index (χ4n) is 4.51. The van der Waals surface area contributed by atoms with Crippen LogP contribution in [0.15, 0.2) is 65.7 Å². The molecule has 1 N–H and O–H groups in total. The minimum Gasteiger partial charge on any atom is -0.388 e. The summed E-state index contributed by atoms with van der Waals surface area (Å²) in [6.45, 7) is 1.06. The second kappa shape index (κ2) is 8.35. The van der Waals surface area contributed by atoms with Gasteiger partial charge in [0.25, 0.3) is 5.56 Å². The first-order valence-corrected chi connectivity index (χ1v) is 11.4. The van der Waals surface area contributed by atoms with Gasteiger partial charge in [-0.25, -0.2) is 9.36 Å². The second-order valence-corrected chi connectivity index (χ2v) is 8.76. The molecule has 6 rings (SSSR count). The quantitative estimate of drug-likeness (QED) is 0.428. The van der Waals surface area contributed by atoms with E-state index in [2.05, 4.69) is 15.3 Å². The van der Waals surface area contributed by atoms with Crippen LogP contribution in [0.25, 0.3) is 28.0 Å². The molecule has 3 aliphatic rings. The number of aliphatic hydroxyl groups excluding tert-OH is 1. The number of aromatic nitrogens is 6. The molecule has 0 unspecified atom stereocenters. The van der Waals surface area contributed by atoms with Crippen molar-refractivity contribution in [3.63, 3.8) is 0 Å². The molecule has 1 fully saturated rings. The second-order valence-electron chi connectivity index (χ2n) is 8.36. The lowest BCUT2D eigenvalue weighted by Crippen LogP contribution is -2.38. The van der Waals surface area contributed by atoms with E-state index in [9.17, 15) is 9.90 Å². The summed E-state index contributed by atoms with van der Waals surface area (Å²) in [5, 5.41) is 25.2. The van der Waals surface area contributed by atoms with Crippen LogP contribution in [0.4, 0.5) is 0 Å². The van der Waals surface area contributed by atoms with E-state index in [1.54, 1.807) is 21.6 Å². The van der Waals surface area contributed by atoms with E-state index in [-0.39, 0.29) is 17.9 Å². The van der Waals surface area contributed by atoms with Crippen molar-refractivity contribution in [3.8, 4) is 17.1 Å². The minimum absolute atomic E-state index is 0.175. The van der Waals surface area contributed by atoms with Gasteiger partial charge in [0.05, 0.1) is 41.5 Å². The van der Waals surface area contributed by atoms with E-state index in [4.69, 9.17) is 16.3 Å². The molecule has 1 saturated heterocycles. The van der Waals surface area contributed by atoms with Gasteiger partial charge in [0.2, 0.25) is 0 Å². The summed E-state index contributed by atoms with van der Waals surface area (Å²) in [4.78, 5) is 13.3. The van der Waals surface area contributed by atoms with E-state index >= 15 is 0 Å². The number of nitrogens with zero attached hydrogens (tertiary/aromatic N) is 6. The molecule has 172 valence electrons. The third kappa shape index (κ3) is 3.49. The standard InChI is InChI=1S/C24H21ClN6O3/c25-18-4-1-3-17-21-22(24(33)31(28-21)19-9-12-34-14-20(19)32)27-30(23(17)18)13-15-5-7-16(8-6-15)29-11-2-10-26-29/h1-8,10-11,19-20,32H,9,12-14H2/t19-,20-/m1/s1. The zero-order valence-electron chi connectivity index (χ0n) is 18.1. The maximum absolute atomic E-state index is 13.3. The van der Waals surface area contributed by atoms with Crippen LogP contribution < -0.4 is 5.56 Å². The van der Waals surface area contributed by atoms with Crippen LogP contribution in [0, 0.1) is 0 Å². The number of halogens is 1. The van der Waals surface area contributed by atoms with Crippen LogP contribution in [-0.2, 0) is 11.3 Å². The van der Waals surface area contributed by atoms with Gasteiger partial charge >= 0.3 is 0 Å². The lowest BCUT2D eigenvalue weighted by molar-refractivity contribution is -0.0423. The van der Waals surface area contributed by atoms with Crippen LogP contribution in [0.2, 0.25) is 5.02 Å². The van der Waals surface area contributed by atoms with Crippen molar-refractivity contribution >= 4 is 22.5 Å². The summed E-state index contributed by atoms with van der Waals surface area (Å²) < 4.78 is 10.2. The van der Waals surface area contributed by atoms with E-state index in [0.29, 0.717) is 35.8 Å². The highest BCUT2D eigenvalue weighted by Gasteiger charge is 2.32. The van der Waals surface area contributed by atoms with Crippen LogP contribution in [0.3, 0.4) is 0 Å². The van der Waals surface area contributed by atoms with Crippen LogP contribution >= 0.6 is 11.6 Å². The van der Waals surface area contributed by atoms with E-state index < -0.39 is 12.1 Å². The number of benzene rings is 2. The number of hydrogen-bond acceptors (Lipinski definition) is 6. The average Bonchev–Trinajstić information content (AvgIpc) is 3.49. The summed E-state index contributed by atoms with van der Waals surface area (Å²) >= 11 is 6.60. The van der Waals surface area contributed by atoms with Crippen molar-refractivity contribution < 1.29 is 9.84 Å². The molecule has 0 amide bonds. The Morgan fingerprint density at radius 1 is 1.09 bits per heavy atom. The van der Waals surface area contributed by atoms with Gasteiger partial charge in [-0.1, -0.05) is 35.9 Å². The minimum atomic E-state index is -0.800. The van der Waals surface area contributed by atoms with Gasteiger partial charge < -0.3 is 9.84 Å². The highest BCUT2D eigenvalue weighted by Crippen LogP contribution is 2.32. The molecule has 0 bridgehead atoms. The first-order chi connectivity index (χ1) is 16.6. The van der Waals surface area contributed by atoms with Crippen molar-refractivity contribution in [2.24, 2.45) is 0 Å². The van der Waals surface area contributed by atoms with Crippen LogP contribution in [-0.4, -0.2) is 53.8 Å². The number of ether oxygens (including phenoxy) is 1. The first kappa shape index (κ1) is 21.0. The normalized spacial score (nSPS) is 18.6. The van der Waals surface area contributed by atoms with Gasteiger partial charge in [0.15, 0.2) is 5.69 Å². The molecular weight excluding hydrogens is 456 g/mol. The van der Waals surface area contributed by atoms with Crippen LogP contribution in [0.5, 0.6) is 0 Å². The molecule has 2 atom stereocenters. The molecule has 0 radical (unpaired) electrons. The molecule has 2 aromatic carbocycles. The number of aliphatic hydroxyl groups is 1. The Balaban J connectivity index is 1.46. The summed E-state index contributed by atoms with van der Waals surface area (Å²) in [5.74, 6) is 0. The summed E-state index contributed by atoms with van der Waals surface area (Å²) in [5.41, 5.74) is 3.04. The number of rotatable bonds is 4. The number of fused-ring (bicyclic) bond motifs is 3. The molecule has 0 saturated carbocycles. The highest BCUT2D eigenvalue weighted by atomic mass is 35.5. The lowest BCUT2D eigenvalue weighted by Gasteiger charge is -2.27.